The van der Waals surface area contributed by atoms with Crippen LogP contribution < -0.4 is 0 Å². The van der Waals surface area contributed by atoms with Gasteiger partial charge in [0.1, 0.15) is 5.82 Å². The Balaban J connectivity index is 1.35. The molecule has 35 heavy (non-hydrogen) atoms. The summed E-state index contributed by atoms with van der Waals surface area (Å²) in [6.45, 7) is 2.75. The molecule has 0 spiro atoms. The van der Waals surface area contributed by atoms with Gasteiger partial charge in [-0.05, 0) is 46.0 Å². The van der Waals surface area contributed by atoms with Crippen molar-refractivity contribution < 1.29 is 0 Å². The summed E-state index contributed by atoms with van der Waals surface area (Å²) in [4.78, 5) is 4.89. The lowest BCUT2D eigenvalue weighted by molar-refractivity contribution is 0.651. The van der Waals surface area contributed by atoms with E-state index >= 15 is 0 Å². The van der Waals surface area contributed by atoms with Crippen molar-refractivity contribution >= 4 is 0 Å². The van der Waals surface area contributed by atoms with E-state index in [1.54, 1.807) is 0 Å². The molecule has 2 heterocycles. The molecule has 0 unspecified atom stereocenters. The number of tetrazole rings is 1. The van der Waals surface area contributed by atoms with Gasteiger partial charge in [0.2, 0.25) is 0 Å². The normalized spacial score (nSPS) is 11.3. The van der Waals surface area contributed by atoms with Gasteiger partial charge in [-0.1, -0.05) is 91.0 Å². The van der Waals surface area contributed by atoms with Crippen molar-refractivity contribution in [3.63, 3.8) is 0 Å². The average molecular weight is 462 g/mol. The highest BCUT2D eigenvalue weighted by molar-refractivity contribution is 5.80. The number of allylic oxidation sites excluding steroid dienone is 2. The van der Waals surface area contributed by atoms with Gasteiger partial charge in [-0.3, -0.25) is 0 Å². The molecule has 7 nitrogen and oxygen atoms in total. The van der Waals surface area contributed by atoms with Gasteiger partial charge in [-0.15, -0.1) is 5.10 Å². The Kier molecular flexibility index (Phi) is 6.84. The molecule has 3 aromatic carbocycles. The summed E-state index contributed by atoms with van der Waals surface area (Å²) in [5, 5.41) is 19.2. The zero-order chi connectivity index (χ0) is 23.9. The van der Waals surface area contributed by atoms with Crippen LogP contribution in [0.2, 0.25) is 0 Å². The Hall–Kier alpha value is -4.39. The van der Waals surface area contributed by atoms with E-state index in [0.29, 0.717) is 5.82 Å². The highest BCUT2D eigenvalue weighted by Gasteiger charge is 2.12. The monoisotopic (exact) mass is 461 g/mol. The van der Waals surface area contributed by atoms with Crippen LogP contribution in [0, 0.1) is 0 Å². The Labute approximate surface area is 204 Å². The number of hydrogen-bond acceptors (Lipinski definition) is 5. The molecular formula is C28H27N7. The van der Waals surface area contributed by atoms with E-state index in [4.69, 9.17) is 10.1 Å². The third-order valence-corrected chi connectivity index (χ3v) is 5.94. The van der Waals surface area contributed by atoms with Crippen molar-refractivity contribution in [1.82, 2.24) is 35.4 Å². The standard InChI is InChI=1S/C28H27N7/c1-2-3-19-35-27(29-26(32-35)18-15-21-9-5-4-6-10-21)20-22-13-16-23(17-14-22)24-11-7-8-12-25(24)28-30-33-34-31-28/h2-14,16-17H,15,18-20H2,1H3,(H,30,31,33,34). The second-order valence-corrected chi connectivity index (χ2v) is 8.35. The smallest absolute Gasteiger partial charge is 0.180 e. The van der Waals surface area contributed by atoms with E-state index < -0.39 is 0 Å². The molecule has 0 amide bonds. The minimum Gasteiger partial charge on any atom is -0.246 e. The molecule has 174 valence electrons. The number of aromatic amines is 1. The van der Waals surface area contributed by atoms with Gasteiger partial charge in [-0.2, -0.15) is 5.10 Å². The van der Waals surface area contributed by atoms with Crippen LogP contribution in [0.4, 0.5) is 0 Å². The topological polar surface area (TPSA) is 85.2 Å². The van der Waals surface area contributed by atoms with Crippen LogP contribution in [0.1, 0.15) is 29.7 Å². The Morgan fingerprint density at radius 2 is 1.60 bits per heavy atom. The van der Waals surface area contributed by atoms with Gasteiger partial charge in [0.25, 0.3) is 0 Å². The van der Waals surface area contributed by atoms with E-state index in [2.05, 4.69) is 81.3 Å². The van der Waals surface area contributed by atoms with Crippen molar-refractivity contribution in [2.24, 2.45) is 0 Å². The molecule has 0 radical (unpaired) electrons. The zero-order valence-corrected chi connectivity index (χ0v) is 19.7. The van der Waals surface area contributed by atoms with Crippen molar-refractivity contribution in [3.05, 3.63) is 114 Å². The molecule has 0 atom stereocenters. The molecule has 5 rings (SSSR count). The van der Waals surface area contributed by atoms with Crippen LogP contribution >= 0.6 is 0 Å². The third kappa shape index (κ3) is 5.41. The number of H-pyrrole nitrogens is 1. The second kappa shape index (κ2) is 10.7. The number of hydrogen-bond donors (Lipinski definition) is 1. The highest BCUT2D eigenvalue weighted by Crippen LogP contribution is 2.30. The second-order valence-electron chi connectivity index (χ2n) is 8.35. The van der Waals surface area contributed by atoms with Gasteiger partial charge >= 0.3 is 0 Å². The summed E-state index contributed by atoms with van der Waals surface area (Å²) < 4.78 is 2.01. The molecule has 0 aliphatic heterocycles. The van der Waals surface area contributed by atoms with Crippen molar-refractivity contribution in [2.45, 2.75) is 32.7 Å². The fraction of sp³-hybridized carbons (Fsp3) is 0.179. The Bertz CT molecular complexity index is 1390. The van der Waals surface area contributed by atoms with Gasteiger partial charge in [0.15, 0.2) is 11.6 Å². The van der Waals surface area contributed by atoms with Crippen LogP contribution in [0.25, 0.3) is 22.5 Å². The first-order valence-electron chi connectivity index (χ1n) is 11.8. The average Bonchev–Trinajstić information content (AvgIpc) is 3.58. The summed E-state index contributed by atoms with van der Waals surface area (Å²) in [6.07, 6.45) is 6.64. The fourth-order valence-corrected chi connectivity index (χ4v) is 4.11. The maximum atomic E-state index is 4.89. The lowest BCUT2D eigenvalue weighted by atomic mass is 9.98. The Morgan fingerprint density at radius 1 is 0.829 bits per heavy atom. The molecule has 0 bridgehead atoms. The van der Waals surface area contributed by atoms with Crippen molar-refractivity contribution in [3.8, 4) is 22.5 Å². The highest BCUT2D eigenvalue weighted by atomic mass is 15.5. The molecule has 0 fully saturated rings. The predicted molar refractivity (Wildman–Crippen MR) is 137 cm³/mol. The number of aryl methyl sites for hydroxylation is 2. The van der Waals surface area contributed by atoms with E-state index in [1.165, 1.54) is 11.1 Å². The molecule has 5 aromatic rings. The molecule has 0 aliphatic carbocycles. The minimum absolute atomic E-state index is 0.657. The number of nitrogens with zero attached hydrogens (tertiary/aromatic N) is 6. The van der Waals surface area contributed by atoms with E-state index in [-0.39, 0.29) is 0 Å². The summed E-state index contributed by atoms with van der Waals surface area (Å²) in [5.74, 6) is 2.52. The quantitative estimate of drug-likeness (QED) is 0.310. The predicted octanol–water partition coefficient (Wildman–Crippen LogP) is 5.08. The first kappa shape index (κ1) is 22.4. The SMILES string of the molecule is CC=CCn1nc(CCc2ccccc2)nc1Cc1ccc(-c2ccccc2-c2nnn[nH]2)cc1. The molecular weight excluding hydrogens is 434 g/mol. The van der Waals surface area contributed by atoms with E-state index in [9.17, 15) is 0 Å². The first-order valence-corrected chi connectivity index (χ1v) is 11.8. The van der Waals surface area contributed by atoms with E-state index in [0.717, 1.165) is 54.1 Å². The van der Waals surface area contributed by atoms with Crippen LogP contribution in [0.5, 0.6) is 0 Å². The van der Waals surface area contributed by atoms with Crippen LogP contribution in [-0.4, -0.2) is 35.4 Å². The maximum absolute atomic E-state index is 4.89. The largest absolute Gasteiger partial charge is 0.246 e. The lowest BCUT2D eigenvalue weighted by Crippen LogP contribution is -2.05. The zero-order valence-electron chi connectivity index (χ0n) is 19.7. The summed E-state index contributed by atoms with van der Waals surface area (Å²) >= 11 is 0. The van der Waals surface area contributed by atoms with E-state index in [1.807, 2.05) is 41.9 Å². The van der Waals surface area contributed by atoms with Gasteiger partial charge < -0.3 is 0 Å². The Morgan fingerprint density at radius 3 is 2.34 bits per heavy atom. The summed E-state index contributed by atoms with van der Waals surface area (Å²) in [6, 6.07) is 27.2. The van der Waals surface area contributed by atoms with Gasteiger partial charge in [-0.25, -0.2) is 14.8 Å². The minimum atomic E-state index is 0.657. The van der Waals surface area contributed by atoms with Crippen molar-refractivity contribution in [2.75, 3.05) is 0 Å². The molecule has 1 N–H and O–H groups in total. The summed E-state index contributed by atoms with van der Waals surface area (Å²) in [5.41, 5.74) is 5.66. The molecule has 2 aromatic heterocycles. The number of rotatable bonds is 9. The molecule has 0 aliphatic rings. The number of aromatic nitrogens is 7. The number of benzene rings is 3. The first-order chi connectivity index (χ1) is 17.3. The number of nitrogens with one attached hydrogen (secondary N) is 1. The molecule has 0 saturated carbocycles. The molecule has 0 saturated heterocycles. The van der Waals surface area contributed by atoms with Crippen LogP contribution in [0.3, 0.4) is 0 Å². The fourth-order valence-electron chi connectivity index (χ4n) is 4.11. The van der Waals surface area contributed by atoms with Crippen LogP contribution in [-0.2, 0) is 25.8 Å². The van der Waals surface area contributed by atoms with Gasteiger partial charge in [0, 0.05) is 18.4 Å². The van der Waals surface area contributed by atoms with Crippen molar-refractivity contribution in [1.29, 1.82) is 0 Å². The maximum Gasteiger partial charge on any atom is 0.180 e. The third-order valence-electron chi connectivity index (χ3n) is 5.94. The lowest BCUT2D eigenvalue weighted by Gasteiger charge is -2.08. The van der Waals surface area contributed by atoms with Crippen LogP contribution in [0.15, 0.2) is 91.0 Å². The van der Waals surface area contributed by atoms with Gasteiger partial charge in [0.05, 0.1) is 6.54 Å². The molecule has 7 heteroatoms. The summed E-state index contributed by atoms with van der Waals surface area (Å²) in [7, 11) is 0.